The third-order valence-corrected chi connectivity index (χ3v) is 3.16. The van der Waals surface area contributed by atoms with Gasteiger partial charge in [-0.25, -0.2) is 14.8 Å². The molecule has 0 aliphatic rings. The van der Waals surface area contributed by atoms with Crippen LogP contribution in [0.25, 0.3) is 0 Å². The second-order valence-corrected chi connectivity index (χ2v) is 5.15. The number of alkyl halides is 2. The van der Waals surface area contributed by atoms with Gasteiger partial charge in [0.05, 0.1) is 18.1 Å². The van der Waals surface area contributed by atoms with Crippen molar-refractivity contribution >= 4 is 17.4 Å². The molecule has 1 aromatic heterocycles. The molecule has 0 unspecified atom stereocenters. The molecule has 1 heterocycles. The minimum Gasteiger partial charge on any atom is -0.435 e. The summed E-state index contributed by atoms with van der Waals surface area (Å²) in [5.41, 5.74) is 0.614. The van der Waals surface area contributed by atoms with Crippen LogP contribution in [-0.2, 0) is 0 Å². The number of nitrogens with zero attached hydrogens (tertiary/aromatic N) is 2. The fraction of sp³-hybridized carbons (Fsp3) is 0.0556. The molecule has 2 N–H and O–H groups in total. The maximum Gasteiger partial charge on any atom is 0.387 e. The van der Waals surface area contributed by atoms with E-state index in [1.54, 1.807) is 12.1 Å². The zero-order valence-electron chi connectivity index (χ0n) is 13.8. The largest absolute Gasteiger partial charge is 0.435 e. The van der Waals surface area contributed by atoms with Crippen molar-refractivity contribution in [1.29, 1.82) is 0 Å². The number of ether oxygens (including phenoxy) is 2. The first-order valence-electron chi connectivity index (χ1n) is 7.76. The lowest BCUT2D eigenvalue weighted by Gasteiger charge is -2.09. The minimum atomic E-state index is -2.94. The van der Waals surface area contributed by atoms with Gasteiger partial charge >= 0.3 is 18.7 Å². The topological polar surface area (TPSA) is 85.4 Å². The van der Waals surface area contributed by atoms with Crippen LogP contribution in [0.2, 0.25) is 0 Å². The Morgan fingerprint density at radius 1 is 0.889 bits per heavy atom. The lowest BCUT2D eigenvalue weighted by Crippen LogP contribution is -2.19. The van der Waals surface area contributed by atoms with E-state index in [9.17, 15) is 13.6 Å². The molecule has 7 nitrogen and oxygen atoms in total. The van der Waals surface area contributed by atoms with Gasteiger partial charge in [-0.15, -0.1) is 0 Å². The van der Waals surface area contributed by atoms with Crippen molar-refractivity contribution in [3.05, 3.63) is 67.0 Å². The quantitative estimate of drug-likeness (QED) is 0.665. The lowest BCUT2D eigenvalue weighted by atomic mass is 10.3. The van der Waals surface area contributed by atoms with Gasteiger partial charge in [0, 0.05) is 11.8 Å². The molecule has 138 valence electrons. The van der Waals surface area contributed by atoms with Crippen LogP contribution in [0.3, 0.4) is 0 Å². The highest BCUT2D eigenvalue weighted by Gasteiger charge is 2.08. The predicted octanol–water partition coefficient (Wildman–Crippen LogP) is 4.51. The average Bonchev–Trinajstić information content (AvgIpc) is 2.64. The number of halogens is 2. The number of hydrogen-bond acceptors (Lipinski definition) is 5. The molecule has 0 saturated heterocycles. The number of benzene rings is 2. The summed E-state index contributed by atoms with van der Waals surface area (Å²) in [7, 11) is 0. The molecule has 27 heavy (non-hydrogen) atoms. The highest BCUT2D eigenvalue weighted by molar-refractivity contribution is 5.99. The fourth-order valence-corrected chi connectivity index (χ4v) is 2.07. The van der Waals surface area contributed by atoms with Crippen LogP contribution in [0.1, 0.15) is 0 Å². The standard InChI is InChI=1S/C18H14F2N4O3/c19-16(20)26-15-8-4-5-12(9-15)23-17(25)24-13-10-21-18(22-11-13)27-14-6-2-1-3-7-14/h1-11,16H,(H2,23,24,25). The van der Waals surface area contributed by atoms with Crippen LogP contribution in [0, 0.1) is 0 Å². The van der Waals surface area contributed by atoms with Crippen molar-refractivity contribution in [2.24, 2.45) is 0 Å². The molecular formula is C18H14F2N4O3. The summed E-state index contributed by atoms with van der Waals surface area (Å²) in [5.74, 6) is 0.524. The number of para-hydroxylation sites is 1. The number of urea groups is 1. The molecule has 2 amide bonds. The number of rotatable bonds is 6. The Kier molecular flexibility index (Phi) is 5.73. The van der Waals surface area contributed by atoms with Gasteiger partial charge in [0.25, 0.3) is 0 Å². The molecule has 0 fully saturated rings. The van der Waals surface area contributed by atoms with Crippen LogP contribution in [-0.4, -0.2) is 22.6 Å². The first-order chi connectivity index (χ1) is 13.1. The van der Waals surface area contributed by atoms with Crippen LogP contribution in [0.4, 0.5) is 25.0 Å². The van der Waals surface area contributed by atoms with Crippen LogP contribution >= 0.6 is 0 Å². The normalized spacial score (nSPS) is 10.3. The number of amides is 2. The van der Waals surface area contributed by atoms with Crippen LogP contribution in [0.5, 0.6) is 17.5 Å². The van der Waals surface area contributed by atoms with E-state index < -0.39 is 12.6 Å². The zero-order valence-corrected chi connectivity index (χ0v) is 13.8. The van der Waals surface area contributed by atoms with Crippen LogP contribution in [0.15, 0.2) is 67.0 Å². The average molecular weight is 372 g/mol. The maximum atomic E-state index is 12.2. The summed E-state index contributed by atoms with van der Waals surface area (Å²) in [4.78, 5) is 20.0. The van der Waals surface area contributed by atoms with Gasteiger partial charge in [0.15, 0.2) is 0 Å². The zero-order chi connectivity index (χ0) is 19.1. The number of nitrogens with one attached hydrogen (secondary N) is 2. The number of aromatic nitrogens is 2. The van der Waals surface area contributed by atoms with Gasteiger partial charge in [0.2, 0.25) is 0 Å². The van der Waals surface area contributed by atoms with Gasteiger partial charge in [-0.3, -0.25) is 0 Å². The van der Waals surface area contributed by atoms with E-state index in [1.807, 2.05) is 18.2 Å². The molecule has 3 rings (SSSR count). The number of hydrogen-bond donors (Lipinski definition) is 2. The maximum absolute atomic E-state index is 12.2. The molecular weight excluding hydrogens is 358 g/mol. The Hall–Kier alpha value is -3.75. The van der Waals surface area contributed by atoms with Crippen molar-refractivity contribution in [1.82, 2.24) is 9.97 Å². The van der Waals surface area contributed by atoms with Crippen molar-refractivity contribution in [2.45, 2.75) is 6.61 Å². The number of carbonyl (C=O) groups excluding carboxylic acids is 1. The minimum absolute atomic E-state index is 0.0615. The van der Waals surface area contributed by atoms with Crippen molar-refractivity contribution in [3.8, 4) is 17.5 Å². The van der Waals surface area contributed by atoms with Crippen molar-refractivity contribution in [2.75, 3.05) is 10.6 Å². The van der Waals surface area contributed by atoms with Gasteiger partial charge < -0.3 is 20.1 Å². The van der Waals surface area contributed by atoms with E-state index in [0.717, 1.165) is 0 Å². The molecule has 0 saturated carbocycles. The second-order valence-electron chi connectivity index (χ2n) is 5.15. The molecule has 9 heteroatoms. The molecule has 0 aliphatic heterocycles. The van der Waals surface area contributed by atoms with Gasteiger partial charge in [0.1, 0.15) is 11.5 Å². The predicted molar refractivity (Wildman–Crippen MR) is 94.3 cm³/mol. The summed E-state index contributed by atoms with van der Waals surface area (Å²) in [6.07, 6.45) is 2.75. The number of carbonyl (C=O) groups is 1. The molecule has 2 aromatic carbocycles. The molecule has 0 spiro atoms. The lowest BCUT2D eigenvalue weighted by molar-refractivity contribution is -0.0497. The summed E-state index contributed by atoms with van der Waals surface area (Å²) >= 11 is 0. The third-order valence-electron chi connectivity index (χ3n) is 3.16. The van der Waals surface area contributed by atoms with Gasteiger partial charge in [-0.05, 0) is 24.3 Å². The smallest absolute Gasteiger partial charge is 0.387 e. The van der Waals surface area contributed by atoms with Crippen molar-refractivity contribution < 1.29 is 23.0 Å². The summed E-state index contributed by atoms with van der Waals surface area (Å²) < 4.78 is 34.2. The molecule has 0 bridgehead atoms. The van der Waals surface area contributed by atoms with E-state index in [4.69, 9.17) is 4.74 Å². The molecule has 0 atom stereocenters. The Bertz CT molecular complexity index is 893. The monoisotopic (exact) mass is 372 g/mol. The Balaban J connectivity index is 1.56. The van der Waals surface area contributed by atoms with E-state index in [-0.39, 0.29) is 17.4 Å². The summed E-state index contributed by atoms with van der Waals surface area (Å²) in [6.45, 7) is -2.94. The SMILES string of the molecule is O=C(Nc1cnc(Oc2ccccc2)nc1)Nc1cccc(OC(F)F)c1. The summed E-state index contributed by atoms with van der Waals surface area (Å²) in [6, 6.07) is 14.2. The Morgan fingerprint density at radius 2 is 1.56 bits per heavy atom. The Morgan fingerprint density at radius 3 is 2.26 bits per heavy atom. The highest BCUT2D eigenvalue weighted by Crippen LogP contribution is 2.20. The molecule has 3 aromatic rings. The third kappa shape index (κ3) is 5.63. The van der Waals surface area contributed by atoms with Crippen molar-refractivity contribution in [3.63, 3.8) is 0 Å². The molecule has 0 aliphatic carbocycles. The van der Waals surface area contributed by atoms with Crippen LogP contribution < -0.4 is 20.1 Å². The van der Waals surface area contributed by atoms with Gasteiger partial charge in [-0.1, -0.05) is 24.3 Å². The van der Waals surface area contributed by atoms with E-state index >= 15 is 0 Å². The first kappa shape index (κ1) is 18.1. The molecule has 0 radical (unpaired) electrons. The number of anilines is 2. The summed E-state index contributed by atoms with van der Waals surface area (Å²) in [5, 5.41) is 5.02. The van der Waals surface area contributed by atoms with E-state index in [1.165, 1.54) is 36.7 Å². The van der Waals surface area contributed by atoms with Gasteiger partial charge in [-0.2, -0.15) is 8.78 Å². The van der Waals surface area contributed by atoms with E-state index in [0.29, 0.717) is 11.4 Å². The second kappa shape index (κ2) is 8.56. The van der Waals surface area contributed by atoms with E-state index in [2.05, 4.69) is 25.3 Å². The fourth-order valence-electron chi connectivity index (χ4n) is 2.07. The first-order valence-corrected chi connectivity index (χ1v) is 7.76. The Labute approximate surface area is 153 Å². The highest BCUT2D eigenvalue weighted by atomic mass is 19.3.